The Morgan fingerprint density at radius 1 is 0.510 bits per heavy atom. The number of aliphatic hydroxyl groups is 1. The van der Waals surface area contributed by atoms with E-state index in [1.807, 2.05) is 13.8 Å². The fourth-order valence-corrected chi connectivity index (χ4v) is 19.3. The number of urea groups is 2. The van der Waals surface area contributed by atoms with Crippen LogP contribution >= 0.6 is 11.8 Å². The minimum Gasteiger partial charge on any atom is -0.508 e. The molecule has 3 aromatic carbocycles. The van der Waals surface area contributed by atoms with Crippen molar-refractivity contribution in [2.45, 2.75) is 281 Å². The summed E-state index contributed by atoms with van der Waals surface area (Å²) in [5.74, 6) is -19.6. The third kappa shape index (κ3) is 34.2. The van der Waals surface area contributed by atoms with Crippen LogP contribution in [0.25, 0.3) is 21.8 Å². The van der Waals surface area contributed by atoms with E-state index in [0.29, 0.717) is 96.3 Å². The number of H-pyrrole nitrogens is 1. The number of aromatic nitrogens is 2. The van der Waals surface area contributed by atoms with Gasteiger partial charge in [0.2, 0.25) is 100 Å². The zero-order valence-corrected chi connectivity index (χ0v) is 85.9. The van der Waals surface area contributed by atoms with Crippen LogP contribution in [0.15, 0.2) is 85.2 Å². The number of carbonyl (C=O) groups excluding carboxylic acids is 19. The van der Waals surface area contributed by atoms with E-state index in [1.165, 1.54) is 63.1 Å². The molecule has 21 amide bonds. The van der Waals surface area contributed by atoms with Gasteiger partial charge in [0.15, 0.2) is 0 Å². The van der Waals surface area contributed by atoms with Crippen molar-refractivity contribution in [3.8, 4) is 5.75 Å². The van der Waals surface area contributed by atoms with Crippen molar-refractivity contribution in [2.75, 3.05) is 78.5 Å². The van der Waals surface area contributed by atoms with Gasteiger partial charge in [0.1, 0.15) is 96.9 Å². The number of hydrogen-bond donors (Lipinski definition) is 20. The number of unbranched alkanes of at least 4 members (excludes halogenated alkanes) is 3. The van der Waals surface area contributed by atoms with Crippen molar-refractivity contribution in [2.24, 2.45) is 23.3 Å². The number of aliphatic carboxylic acids is 1. The maximum Gasteiger partial charge on any atom is 0.323 e. The number of phenols is 1. The molecule has 4 aliphatic rings. The lowest BCUT2D eigenvalue weighted by Gasteiger charge is -2.36. The van der Waals surface area contributed by atoms with Crippen LogP contribution < -0.4 is 85.9 Å². The summed E-state index contributed by atoms with van der Waals surface area (Å²) in [5, 5.41) is 70.9. The van der Waals surface area contributed by atoms with Gasteiger partial charge in [0.05, 0.1) is 24.8 Å². The normalized spacial score (nSPS) is 25.0. The Labute approximate surface area is 857 Å². The largest absolute Gasteiger partial charge is 0.508 e. The smallest absolute Gasteiger partial charge is 0.323 e. The lowest BCUT2D eigenvalue weighted by atomic mass is 9.99. The number of aromatic hydroxyl groups is 1. The fourth-order valence-electron chi connectivity index (χ4n) is 18.5. The number of para-hydroxylation sites is 2. The van der Waals surface area contributed by atoms with Gasteiger partial charge >= 0.3 is 18.0 Å². The molecular weight excluding hydrogens is 1920 g/mol. The molecule has 0 aliphatic carbocycles. The van der Waals surface area contributed by atoms with Crippen molar-refractivity contribution in [3.63, 3.8) is 0 Å². The lowest BCUT2D eigenvalue weighted by Crippen LogP contribution is -2.62. The molecular formula is C100H145N23O23S. The molecule has 5 aromatic rings. The molecule has 4 saturated heterocycles. The number of aromatic amines is 1. The van der Waals surface area contributed by atoms with Gasteiger partial charge < -0.3 is 135 Å². The van der Waals surface area contributed by atoms with Crippen molar-refractivity contribution in [1.29, 1.82) is 0 Å². The number of benzene rings is 3. The quantitative estimate of drug-likeness (QED) is 0.0343. The molecule has 6 heterocycles. The number of amides is 21. The molecule has 1 unspecified atom stereocenters. The Balaban J connectivity index is 1.18. The van der Waals surface area contributed by atoms with E-state index in [0.717, 1.165) is 36.3 Å². The molecule has 0 spiro atoms. The van der Waals surface area contributed by atoms with E-state index < -0.39 is 278 Å². The van der Waals surface area contributed by atoms with E-state index in [9.17, 15) is 58.5 Å². The Morgan fingerprint density at radius 2 is 1.07 bits per heavy atom. The molecule has 0 radical (unpaired) electrons. The first-order valence-corrected chi connectivity index (χ1v) is 51.5. The average Bonchev–Trinajstić information content (AvgIpc) is 1.61. The van der Waals surface area contributed by atoms with Crippen LogP contribution in [-0.2, 0) is 112 Å². The number of phenolic OH excluding ortho intramolecular Hbond substituents is 1. The molecule has 0 saturated carbocycles. The van der Waals surface area contributed by atoms with E-state index in [-0.39, 0.29) is 89.2 Å². The van der Waals surface area contributed by atoms with Gasteiger partial charge in [-0.15, -0.1) is 11.8 Å². The highest BCUT2D eigenvalue weighted by molar-refractivity contribution is 8.00. The molecule has 804 valence electrons. The van der Waals surface area contributed by atoms with Crippen molar-refractivity contribution < 1.29 is 111 Å². The summed E-state index contributed by atoms with van der Waals surface area (Å²) in [6.07, 6.45) is 2.64. The van der Waals surface area contributed by atoms with Crippen LogP contribution in [-0.4, -0.2) is 337 Å². The second-order valence-corrected chi connectivity index (χ2v) is 39.9. The molecule has 2 bridgehead atoms. The number of carboxylic acids is 1. The summed E-state index contributed by atoms with van der Waals surface area (Å²) in [6.45, 7) is 9.11. The number of fused-ring (bicyclic) bond motifs is 12. The van der Waals surface area contributed by atoms with Gasteiger partial charge in [0.25, 0.3) is 0 Å². The number of rotatable bonds is 24. The number of primary amides is 2. The fraction of sp³-hybridized carbons (Fsp3) is 0.580. The topological polar surface area (TPSA) is 659 Å². The molecule has 4 aliphatic heterocycles. The number of nitrogens with zero attached hydrogens (tertiary/aromatic N) is 6. The number of nitrogens with two attached hydrogens (primary N) is 2. The number of hydrogen-bond acceptors (Lipinski definition) is 23. The number of thioether (sulfide) groups is 1. The Hall–Kier alpha value is -14.2. The highest BCUT2D eigenvalue weighted by Gasteiger charge is 2.47. The van der Waals surface area contributed by atoms with Crippen LogP contribution in [0.2, 0.25) is 0 Å². The molecule has 46 nitrogen and oxygen atoms in total. The van der Waals surface area contributed by atoms with Crippen molar-refractivity contribution in [3.05, 3.63) is 102 Å². The first-order valence-electron chi connectivity index (χ1n) is 50.3. The van der Waals surface area contributed by atoms with E-state index in [4.69, 9.17) is 11.5 Å². The summed E-state index contributed by atoms with van der Waals surface area (Å²) in [6, 6.07) is -4.84. The van der Waals surface area contributed by atoms with Crippen molar-refractivity contribution in [1.82, 2.24) is 108 Å². The van der Waals surface area contributed by atoms with Gasteiger partial charge in [0, 0.05) is 126 Å². The first-order chi connectivity index (χ1) is 69.9. The van der Waals surface area contributed by atoms with Gasteiger partial charge in [-0.25, -0.2) is 9.59 Å². The summed E-state index contributed by atoms with van der Waals surface area (Å²) in [7, 11) is 3.90. The van der Waals surface area contributed by atoms with Crippen LogP contribution in [0.1, 0.15) is 181 Å². The van der Waals surface area contributed by atoms with E-state index in [2.05, 4.69) is 79.4 Å². The molecule has 147 heavy (non-hydrogen) atoms. The molecule has 9 rings (SSSR count). The second kappa shape index (κ2) is 56.5. The number of likely N-dealkylation sites (N-methyl/N-ethyl adjacent to an activating group) is 3. The average molecular weight is 2070 g/mol. The van der Waals surface area contributed by atoms with Gasteiger partial charge in [-0.3, -0.25) is 86.3 Å². The Morgan fingerprint density at radius 3 is 1.74 bits per heavy atom. The third-order valence-electron chi connectivity index (χ3n) is 26.5. The SMILES string of the molecule is CCCCC[C@H]1C(=O)N(C)[C@@H](CCCC)C(=O)N[C@@H](CC(C)C)C(=O)N[C@H](C(=O)NCC(N)=O)CSCC(=O)N[C@@H](Cc2ccc(O)cc2)C(=O)N(C)[C@@H](C)C(=O)N[C@@H](CC(N)=O)C(=O)N2CCC[C@H]2C(=O)N[C@H]2CNC(=O)NCCCCCCNC(=O)NCC[C@H](NC(=O)[C@H](Cc3c[nH]c4ccccc34)NC(=O)[C@@H]3C[C@@H](O)CN3C(=O)[C@H](CC(C)C)NC2=O)C(=O)NC(Cc2cn(CC(=O)O)c3ccccc23)C(=O)N1C. The number of carbonyl (C=O) groups is 20. The van der Waals surface area contributed by atoms with Gasteiger partial charge in [-0.05, 0) is 118 Å². The maximum absolute atomic E-state index is 16.3. The minimum absolute atomic E-state index is 0.0234. The summed E-state index contributed by atoms with van der Waals surface area (Å²) in [5.41, 5.74) is 13.4. The zero-order valence-electron chi connectivity index (χ0n) is 85.1. The summed E-state index contributed by atoms with van der Waals surface area (Å²) >= 11 is 0.774. The van der Waals surface area contributed by atoms with Crippen LogP contribution in [0, 0.1) is 11.8 Å². The first kappa shape index (κ1) is 116. The van der Waals surface area contributed by atoms with Crippen molar-refractivity contribution >= 4 is 152 Å². The van der Waals surface area contributed by atoms with E-state index in [1.54, 1.807) is 82.4 Å². The Bertz CT molecular complexity index is 5500. The highest BCUT2D eigenvalue weighted by Crippen LogP contribution is 2.30. The molecule has 22 N–H and O–H groups in total. The zero-order chi connectivity index (χ0) is 108. The monoisotopic (exact) mass is 2070 g/mol. The molecule has 47 heteroatoms. The molecule has 4 fully saturated rings. The number of carboxylic acid groups (broad SMARTS) is 1. The minimum atomic E-state index is -1.83. The van der Waals surface area contributed by atoms with Gasteiger partial charge in [-0.2, -0.15) is 0 Å². The number of nitrogens with one attached hydrogen (secondary N) is 15. The van der Waals surface area contributed by atoms with Crippen LogP contribution in [0.3, 0.4) is 0 Å². The highest BCUT2D eigenvalue weighted by atomic mass is 32.2. The second-order valence-electron chi connectivity index (χ2n) is 38.9. The number of aliphatic hydroxyl groups excluding tert-OH is 1. The maximum atomic E-state index is 16.3. The predicted molar refractivity (Wildman–Crippen MR) is 542 cm³/mol. The summed E-state index contributed by atoms with van der Waals surface area (Å²) < 4.78 is 1.43. The third-order valence-corrected chi connectivity index (χ3v) is 27.5. The van der Waals surface area contributed by atoms with Crippen LogP contribution in [0.4, 0.5) is 9.59 Å². The molecule has 15 atom stereocenters. The Kier molecular flexibility index (Phi) is 44.8. The lowest BCUT2D eigenvalue weighted by molar-refractivity contribution is -0.149. The summed E-state index contributed by atoms with van der Waals surface area (Å²) in [4.78, 5) is 304. The van der Waals surface area contributed by atoms with Crippen LogP contribution in [0.5, 0.6) is 5.75 Å². The van der Waals surface area contributed by atoms with E-state index >= 15 is 52.7 Å². The van der Waals surface area contributed by atoms with Gasteiger partial charge in [-0.1, -0.05) is 135 Å². The standard InChI is InChI=1S/C100H145N23O23S/c1-11-13-17-30-79-98(144)119(9)77(28-14-12-2)91(137)111-68(41-56(3)4)88(134)117-75(86(132)107-50-82(102)127)54-147-55-83(128)109-71(43-59-32-34-62(124)35-33-59)94(140)118(8)58(7)85(131)113-73(47-81(101)126)96(142)122-40-24-31-78(122)92(138)116-74-49-108-100(146)104-38-23-16-15-22-37-103-99(145)105-39-36-67(87(133)115-72(95(141)120(79)10)45-61-51-121(53-84(129)130)76-29-21-19-26-65(61)76)110-89(135)69(44-60-48-106-66-27-20-18-25-64(60)66)112-93(139)80-46-63(125)52-123(80)97(143)70(42-57(5)6)114-90(74)136/h18-21,25-27,29,32-35,48,51,56-58,63,67-75,77-80,106,124-125H,11-17,22-24,28,30-31,36-47,49-50,52-55H2,1-10H3,(H2,101,126)(H2,102,127)(H,107,132)(H,109,128)(H,110,135)(H,111,137)(H,112,139)(H,113,131)(H,114,136)(H,115,133)(H,116,138)(H,117,134)(H,129,130)(H2,103,105,145)(H2,104,108,146)/t58-,63+,67-,68-,69-,70-,71-,72?,73-,74-,75-,77-,78-,79-,80-/m0/s1. The predicted octanol–water partition coefficient (Wildman–Crippen LogP) is -0.593. The molecule has 2 aromatic heterocycles.